The van der Waals surface area contributed by atoms with Gasteiger partial charge in [0, 0.05) is 19.6 Å². The fourth-order valence-electron chi connectivity index (χ4n) is 1.44. The van der Waals surface area contributed by atoms with Gasteiger partial charge in [0.05, 0.1) is 0 Å². The molecule has 2 nitrogen and oxygen atoms in total. The van der Waals surface area contributed by atoms with Crippen molar-refractivity contribution in [1.82, 2.24) is 10.2 Å². The molecule has 1 saturated heterocycles. The molecule has 1 N–H and O–H groups in total. The van der Waals surface area contributed by atoms with Crippen LogP contribution in [-0.2, 0) is 0 Å². The molecule has 0 aromatic rings. The predicted octanol–water partition coefficient (Wildman–Crippen LogP) is 0.640. The molecule has 1 unspecified atom stereocenters. The predicted molar refractivity (Wildman–Crippen MR) is 44.5 cm³/mol. The van der Waals surface area contributed by atoms with Gasteiger partial charge in [-0.3, -0.25) is 4.90 Å². The fraction of sp³-hybridized carbons (Fsp3) is 1.00. The molecule has 0 spiro atoms. The monoisotopic (exact) mass is 160 g/mol. The third-order valence-electron chi connectivity index (χ3n) is 1.94. The number of hydrogen-bond acceptors (Lipinski definition) is 2. The third kappa shape index (κ3) is 3.68. The van der Waals surface area contributed by atoms with Crippen LogP contribution in [0.5, 0.6) is 0 Å². The van der Waals surface area contributed by atoms with E-state index in [1.807, 2.05) is 0 Å². The van der Waals surface area contributed by atoms with Crippen LogP contribution in [-0.4, -0.2) is 43.8 Å². The molecule has 66 valence electrons. The van der Waals surface area contributed by atoms with E-state index < -0.39 is 6.17 Å². The van der Waals surface area contributed by atoms with E-state index in [0.717, 1.165) is 32.6 Å². The van der Waals surface area contributed by atoms with Crippen LogP contribution in [0.25, 0.3) is 0 Å². The highest BCUT2D eigenvalue weighted by Crippen LogP contribution is 1.98. The lowest BCUT2D eigenvalue weighted by Gasteiger charge is -2.19. The van der Waals surface area contributed by atoms with Gasteiger partial charge in [0.2, 0.25) is 0 Å². The molecule has 0 amide bonds. The second-order valence-electron chi connectivity index (χ2n) is 3.18. The smallest absolute Gasteiger partial charge is 0.110 e. The summed E-state index contributed by atoms with van der Waals surface area (Å²) < 4.78 is 12.6. The molecular formula is C8H17FN2. The van der Waals surface area contributed by atoms with Gasteiger partial charge in [-0.25, -0.2) is 4.39 Å². The molecule has 0 aliphatic carbocycles. The Morgan fingerprint density at radius 1 is 1.45 bits per heavy atom. The zero-order chi connectivity index (χ0) is 8.10. The van der Waals surface area contributed by atoms with Gasteiger partial charge in [0.25, 0.3) is 0 Å². The number of halogens is 1. The van der Waals surface area contributed by atoms with Crippen LogP contribution in [0.2, 0.25) is 0 Å². The molecule has 1 aliphatic rings. The zero-order valence-electron chi connectivity index (χ0n) is 7.15. The Hall–Kier alpha value is -0.150. The van der Waals surface area contributed by atoms with Gasteiger partial charge in [-0.05, 0) is 26.4 Å². The molecule has 1 heterocycles. The van der Waals surface area contributed by atoms with Gasteiger partial charge in [-0.1, -0.05) is 0 Å². The Bertz CT molecular complexity index is 98.3. The van der Waals surface area contributed by atoms with E-state index in [4.69, 9.17) is 0 Å². The Balaban J connectivity index is 2.20. The number of rotatable bonds is 2. The van der Waals surface area contributed by atoms with E-state index in [2.05, 4.69) is 10.2 Å². The normalized spacial score (nSPS) is 24.5. The van der Waals surface area contributed by atoms with Crippen LogP contribution in [0.1, 0.15) is 13.3 Å². The van der Waals surface area contributed by atoms with Crippen LogP contribution in [0.15, 0.2) is 0 Å². The van der Waals surface area contributed by atoms with Gasteiger partial charge in [0.15, 0.2) is 0 Å². The lowest BCUT2D eigenvalue weighted by molar-refractivity contribution is 0.211. The van der Waals surface area contributed by atoms with Crippen molar-refractivity contribution in [3.05, 3.63) is 0 Å². The summed E-state index contributed by atoms with van der Waals surface area (Å²) >= 11 is 0. The molecule has 0 bridgehead atoms. The summed E-state index contributed by atoms with van der Waals surface area (Å²) in [6, 6.07) is 0. The number of alkyl halides is 1. The quantitative estimate of drug-likeness (QED) is 0.637. The van der Waals surface area contributed by atoms with Crippen LogP contribution >= 0.6 is 0 Å². The number of hydrogen-bond donors (Lipinski definition) is 1. The summed E-state index contributed by atoms with van der Waals surface area (Å²) in [5.74, 6) is 0. The molecule has 0 aromatic heterocycles. The minimum Gasteiger partial charge on any atom is -0.315 e. The highest BCUT2D eigenvalue weighted by Gasteiger charge is 2.10. The van der Waals surface area contributed by atoms with Gasteiger partial charge >= 0.3 is 0 Å². The van der Waals surface area contributed by atoms with Crippen molar-refractivity contribution in [2.45, 2.75) is 19.5 Å². The number of nitrogens with zero attached hydrogens (tertiary/aromatic N) is 1. The Morgan fingerprint density at radius 3 is 3.00 bits per heavy atom. The highest BCUT2D eigenvalue weighted by molar-refractivity contribution is 4.67. The maximum atomic E-state index is 12.6. The first-order chi connectivity index (χ1) is 5.29. The average Bonchev–Trinajstić information content (AvgIpc) is 2.14. The van der Waals surface area contributed by atoms with E-state index in [0.29, 0.717) is 6.54 Å². The standard InChI is InChI=1S/C8H17FN2/c1-8(9)7-11-5-2-3-10-4-6-11/h8,10H,2-7H2,1H3. The largest absolute Gasteiger partial charge is 0.315 e. The molecule has 1 fully saturated rings. The van der Waals surface area contributed by atoms with E-state index in [9.17, 15) is 4.39 Å². The molecule has 0 aromatic carbocycles. The molecular weight excluding hydrogens is 143 g/mol. The van der Waals surface area contributed by atoms with Crippen molar-refractivity contribution < 1.29 is 4.39 Å². The third-order valence-corrected chi connectivity index (χ3v) is 1.94. The van der Waals surface area contributed by atoms with Crippen molar-refractivity contribution in [3.63, 3.8) is 0 Å². The molecule has 0 radical (unpaired) electrons. The van der Waals surface area contributed by atoms with Crippen molar-refractivity contribution >= 4 is 0 Å². The second-order valence-corrected chi connectivity index (χ2v) is 3.18. The minimum absolute atomic E-state index is 0.599. The summed E-state index contributed by atoms with van der Waals surface area (Å²) in [6.07, 6.45) is 0.459. The first kappa shape index (κ1) is 8.94. The Kier molecular flexibility index (Phi) is 3.80. The van der Waals surface area contributed by atoms with E-state index >= 15 is 0 Å². The van der Waals surface area contributed by atoms with Gasteiger partial charge in [-0.2, -0.15) is 0 Å². The van der Waals surface area contributed by atoms with Crippen LogP contribution < -0.4 is 5.32 Å². The van der Waals surface area contributed by atoms with Crippen molar-refractivity contribution in [3.8, 4) is 0 Å². The van der Waals surface area contributed by atoms with Gasteiger partial charge in [-0.15, -0.1) is 0 Å². The first-order valence-electron chi connectivity index (χ1n) is 4.36. The van der Waals surface area contributed by atoms with E-state index in [1.165, 1.54) is 0 Å². The summed E-state index contributed by atoms with van der Waals surface area (Å²) in [6.45, 7) is 6.35. The minimum atomic E-state index is -0.687. The average molecular weight is 160 g/mol. The Labute approximate surface area is 67.8 Å². The molecule has 1 atom stereocenters. The topological polar surface area (TPSA) is 15.3 Å². The SMILES string of the molecule is CC(F)CN1CCCNCC1. The summed E-state index contributed by atoms with van der Waals surface area (Å²) in [5, 5.41) is 3.29. The van der Waals surface area contributed by atoms with Crippen molar-refractivity contribution in [2.24, 2.45) is 0 Å². The molecule has 1 aliphatic heterocycles. The number of nitrogens with one attached hydrogen (secondary N) is 1. The second kappa shape index (κ2) is 4.67. The fourth-order valence-corrected chi connectivity index (χ4v) is 1.44. The van der Waals surface area contributed by atoms with E-state index in [1.54, 1.807) is 6.92 Å². The maximum Gasteiger partial charge on any atom is 0.110 e. The van der Waals surface area contributed by atoms with Gasteiger partial charge < -0.3 is 5.32 Å². The van der Waals surface area contributed by atoms with E-state index in [-0.39, 0.29) is 0 Å². The summed E-state index contributed by atoms with van der Waals surface area (Å²) in [7, 11) is 0. The summed E-state index contributed by atoms with van der Waals surface area (Å²) in [5.41, 5.74) is 0. The van der Waals surface area contributed by atoms with Crippen molar-refractivity contribution in [1.29, 1.82) is 0 Å². The van der Waals surface area contributed by atoms with Gasteiger partial charge in [0.1, 0.15) is 6.17 Å². The lowest BCUT2D eigenvalue weighted by Crippen LogP contribution is -2.32. The van der Waals surface area contributed by atoms with Crippen LogP contribution in [0.3, 0.4) is 0 Å². The highest BCUT2D eigenvalue weighted by atomic mass is 19.1. The Morgan fingerprint density at radius 2 is 2.27 bits per heavy atom. The molecule has 3 heteroatoms. The van der Waals surface area contributed by atoms with Crippen LogP contribution in [0.4, 0.5) is 4.39 Å². The first-order valence-corrected chi connectivity index (χ1v) is 4.36. The van der Waals surface area contributed by atoms with Crippen LogP contribution in [0, 0.1) is 0 Å². The zero-order valence-corrected chi connectivity index (χ0v) is 7.15. The maximum absolute atomic E-state index is 12.6. The molecule has 1 rings (SSSR count). The van der Waals surface area contributed by atoms with Crippen molar-refractivity contribution in [2.75, 3.05) is 32.7 Å². The molecule has 11 heavy (non-hydrogen) atoms. The molecule has 0 saturated carbocycles. The lowest BCUT2D eigenvalue weighted by atomic mass is 10.3. The summed E-state index contributed by atoms with van der Waals surface area (Å²) in [4.78, 5) is 2.19.